The number of H-pyrrole nitrogens is 1. The van der Waals surface area contributed by atoms with Gasteiger partial charge in [-0.25, -0.2) is 14.4 Å². The van der Waals surface area contributed by atoms with Crippen LogP contribution in [0.25, 0.3) is 0 Å². The Bertz CT molecular complexity index is 796. The topological polar surface area (TPSA) is 85.4 Å². The van der Waals surface area contributed by atoms with E-state index in [2.05, 4.69) is 33.6 Å². The number of carboxylic acid groups (broad SMARTS) is 1. The van der Waals surface area contributed by atoms with Crippen molar-refractivity contribution in [2.24, 2.45) is 11.8 Å². The number of aromatic nitrogens is 3. The number of nitrogens with one attached hydrogen (secondary N) is 1. The van der Waals surface area contributed by atoms with Crippen LogP contribution in [0.4, 0.5) is 10.2 Å². The summed E-state index contributed by atoms with van der Waals surface area (Å²) in [6, 6.07) is 3.16. The second kappa shape index (κ2) is 9.82. The molecular weight excluding hydrogens is 373 g/mol. The maximum absolute atomic E-state index is 14.0. The van der Waals surface area contributed by atoms with Crippen LogP contribution < -0.4 is 4.90 Å². The summed E-state index contributed by atoms with van der Waals surface area (Å²) in [6.07, 6.45) is 4.85. The van der Waals surface area contributed by atoms with E-state index in [4.69, 9.17) is 14.9 Å². The van der Waals surface area contributed by atoms with E-state index in [1.54, 1.807) is 12.3 Å². The van der Waals surface area contributed by atoms with Crippen LogP contribution >= 0.6 is 0 Å². The van der Waals surface area contributed by atoms with Gasteiger partial charge in [-0.3, -0.25) is 9.69 Å². The SMILES string of the molecule is CCc1nc(CN2C[C@H]3CCN(c4ncccc4F)CC[C@H]3C2)c(C)[nH]1.O=CO. The molecule has 8 heteroatoms. The number of rotatable bonds is 4. The van der Waals surface area contributed by atoms with Crippen LogP contribution in [0.3, 0.4) is 0 Å². The molecule has 2 saturated heterocycles. The average molecular weight is 404 g/mol. The fraction of sp³-hybridized carbons (Fsp3) is 0.571. The van der Waals surface area contributed by atoms with Crippen molar-refractivity contribution in [3.8, 4) is 0 Å². The van der Waals surface area contributed by atoms with E-state index in [1.165, 1.54) is 17.5 Å². The zero-order valence-electron chi connectivity index (χ0n) is 17.1. The monoisotopic (exact) mass is 403 g/mol. The molecule has 0 aromatic carbocycles. The number of pyridine rings is 1. The zero-order chi connectivity index (χ0) is 20.8. The van der Waals surface area contributed by atoms with Gasteiger partial charge in [0.1, 0.15) is 5.82 Å². The summed E-state index contributed by atoms with van der Waals surface area (Å²) in [5, 5.41) is 6.89. The molecule has 4 heterocycles. The molecule has 2 fully saturated rings. The molecule has 0 bridgehead atoms. The Morgan fingerprint density at radius 2 is 1.97 bits per heavy atom. The van der Waals surface area contributed by atoms with Gasteiger partial charge >= 0.3 is 0 Å². The summed E-state index contributed by atoms with van der Waals surface area (Å²) >= 11 is 0. The van der Waals surface area contributed by atoms with Crippen molar-refractivity contribution in [3.05, 3.63) is 41.4 Å². The third kappa shape index (κ3) is 5.12. The zero-order valence-corrected chi connectivity index (χ0v) is 17.1. The summed E-state index contributed by atoms with van der Waals surface area (Å²) in [5.41, 5.74) is 2.39. The standard InChI is InChI=1S/C20H28FN5.CH2O2/c1-3-19-23-14(2)18(24-19)13-25-11-15-6-9-26(10-7-16(15)12-25)20-17(21)5-4-8-22-20;2-1-3/h4-5,8,15-16H,3,6-7,9-13H2,1-2H3,(H,23,24);1H,(H,2,3)/t15-,16+;. The van der Waals surface area contributed by atoms with Gasteiger partial charge in [-0.1, -0.05) is 6.92 Å². The molecule has 2 aromatic rings. The third-order valence-corrected chi connectivity index (χ3v) is 5.97. The molecule has 0 saturated carbocycles. The fourth-order valence-electron chi connectivity index (χ4n) is 4.49. The maximum atomic E-state index is 14.0. The number of aryl methyl sites for hydroxylation is 2. The highest BCUT2D eigenvalue weighted by atomic mass is 19.1. The third-order valence-electron chi connectivity index (χ3n) is 5.97. The van der Waals surface area contributed by atoms with Crippen LogP contribution in [0.1, 0.15) is 37.0 Å². The molecule has 0 aliphatic carbocycles. The number of imidazole rings is 1. The Morgan fingerprint density at radius 1 is 1.31 bits per heavy atom. The Hall–Kier alpha value is -2.48. The van der Waals surface area contributed by atoms with E-state index in [0.29, 0.717) is 17.7 Å². The van der Waals surface area contributed by atoms with Crippen LogP contribution in [0, 0.1) is 24.6 Å². The Morgan fingerprint density at radius 3 is 2.52 bits per heavy atom. The van der Waals surface area contributed by atoms with Gasteiger partial charge < -0.3 is 15.0 Å². The molecule has 0 unspecified atom stereocenters. The summed E-state index contributed by atoms with van der Waals surface area (Å²) in [7, 11) is 0. The van der Waals surface area contributed by atoms with Crippen molar-refractivity contribution >= 4 is 12.3 Å². The second-order valence-corrected chi connectivity index (χ2v) is 7.80. The predicted molar refractivity (Wildman–Crippen MR) is 109 cm³/mol. The minimum absolute atomic E-state index is 0.207. The second-order valence-electron chi connectivity index (χ2n) is 7.80. The average Bonchev–Trinajstić information content (AvgIpc) is 3.20. The van der Waals surface area contributed by atoms with Crippen molar-refractivity contribution in [1.82, 2.24) is 19.9 Å². The smallest absolute Gasteiger partial charge is 0.290 e. The van der Waals surface area contributed by atoms with Gasteiger partial charge in [0.15, 0.2) is 11.6 Å². The van der Waals surface area contributed by atoms with E-state index < -0.39 is 0 Å². The number of aromatic amines is 1. The molecule has 29 heavy (non-hydrogen) atoms. The summed E-state index contributed by atoms with van der Waals surface area (Å²) < 4.78 is 14.0. The largest absolute Gasteiger partial charge is 0.483 e. The van der Waals surface area contributed by atoms with Crippen LogP contribution in [-0.2, 0) is 17.8 Å². The van der Waals surface area contributed by atoms with Crippen molar-refractivity contribution in [3.63, 3.8) is 0 Å². The summed E-state index contributed by atoms with van der Waals surface area (Å²) in [5.74, 6) is 2.78. The molecule has 2 aliphatic rings. The van der Waals surface area contributed by atoms with Gasteiger partial charge in [0, 0.05) is 51.0 Å². The van der Waals surface area contributed by atoms with Crippen LogP contribution in [0.5, 0.6) is 0 Å². The Labute approximate surface area is 171 Å². The van der Waals surface area contributed by atoms with Crippen molar-refractivity contribution in [2.45, 2.75) is 39.7 Å². The highest BCUT2D eigenvalue weighted by Gasteiger charge is 2.35. The Balaban J connectivity index is 0.000000755. The van der Waals surface area contributed by atoms with Crippen molar-refractivity contribution in [1.29, 1.82) is 0 Å². The van der Waals surface area contributed by atoms with Crippen molar-refractivity contribution < 1.29 is 14.3 Å². The first-order valence-electron chi connectivity index (χ1n) is 10.3. The number of hydrogen-bond acceptors (Lipinski definition) is 5. The summed E-state index contributed by atoms with van der Waals surface area (Å²) in [6.45, 7) is 8.97. The van der Waals surface area contributed by atoms with Gasteiger partial charge in [-0.2, -0.15) is 0 Å². The van der Waals surface area contributed by atoms with Crippen LogP contribution in [0.15, 0.2) is 18.3 Å². The van der Waals surface area contributed by atoms with E-state index in [1.807, 2.05) is 0 Å². The molecule has 2 atom stereocenters. The number of carbonyl (C=O) groups is 1. The lowest BCUT2D eigenvalue weighted by atomic mass is 9.92. The van der Waals surface area contributed by atoms with Gasteiger partial charge in [0.05, 0.1) is 5.69 Å². The normalized spacial score (nSPS) is 21.8. The number of anilines is 1. The molecule has 158 valence electrons. The summed E-state index contributed by atoms with van der Waals surface area (Å²) in [4.78, 5) is 25.4. The first-order chi connectivity index (χ1) is 14.0. The number of fused-ring (bicyclic) bond motifs is 1. The van der Waals surface area contributed by atoms with Gasteiger partial charge in [0.2, 0.25) is 0 Å². The number of likely N-dealkylation sites (tertiary alicyclic amines) is 1. The van der Waals surface area contributed by atoms with Crippen molar-refractivity contribution in [2.75, 3.05) is 31.1 Å². The lowest BCUT2D eigenvalue weighted by Crippen LogP contribution is -2.28. The maximum Gasteiger partial charge on any atom is 0.290 e. The number of hydrogen-bond donors (Lipinski definition) is 2. The number of halogens is 1. The lowest BCUT2D eigenvalue weighted by Gasteiger charge is -2.23. The molecule has 7 nitrogen and oxygen atoms in total. The number of nitrogens with zero attached hydrogens (tertiary/aromatic N) is 4. The van der Waals surface area contributed by atoms with Gasteiger partial charge in [0.25, 0.3) is 6.47 Å². The van der Waals surface area contributed by atoms with E-state index in [0.717, 1.165) is 57.8 Å². The minimum Gasteiger partial charge on any atom is -0.483 e. The quantitative estimate of drug-likeness (QED) is 0.764. The predicted octanol–water partition coefficient (Wildman–Crippen LogP) is 2.86. The van der Waals surface area contributed by atoms with E-state index in [-0.39, 0.29) is 12.3 Å². The van der Waals surface area contributed by atoms with Crippen LogP contribution in [0.2, 0.25) is 0 Å². The van der Waals surface area contributed by atoms with Gasteiger partial charge in [-0.15, -0.1) is 0 Å². The first-order valence-corrected chi connectivity index (χ1v) is 10.3. The van der Waals surface area contributed by atoms with E-state index >= 15 is 0 Å². The molecule has 2 aromatic heterocycles. The Kier molecular flexibility index (Phi) is 7.19. The van der Waals surface area contributed by atoms with Gasteiger partial charge in [-0.05, 0) is 43.7 Å². The molecule has 0 radical (unpaired) electrons. The van der Waals surface area contributed by atoms with Crippen LogP contribution in [-0.4, -0.2) is 57.6 Å². The highest BCUT2D eigenvalue weighted by molar-refractivity contribution is 5.39. The fourth-order valence-corrected chi connectivity index (χ4v) is 4.49. The molecule has 0 spiro atoms. The highest BCUT2D eigenvalue weighted by Crippen LogP contribution is 2.34. The molecule has 4 rings (SSSR count). The van der Waals surface area contributed by atoms with E-state index in [9.17, 15) is 4.39 Å². The molecule has 2 aliphatic heterocycles. The molecule has 2 N–H and O–H groups in total. The lowest BCUT2D eigenvalue weighted by molar-refractivity contribution is -0.122. The molecular formula is C21H30FN5O2. The minimum atomic E-state index is -0.250. The molecule has 0 amide bonds. The first kappa shape index (κ1) is 21.2.